The van der Waals surface area contributed by atoms with Crippen molar-refractivity contribution >= 4 is 22.6 Å². The third kappa shape index (κ3) is 5.15. The van der Waals surface area contributed by atoms with Gasteiger partial charge >= 0.3 is 0 Å². The van der Waals surface area contributed by atoms with Crippen LogP contribution in [0.4, 0.5) is 0 Å². The van der Waals surface area contributed by atoms with Gasteiger partial charge in [0, 0.05) is 11.0 Å². The molecule has 0 aromatic carbocycles. The van der Waals surface area contributed by atoms with E-state index in [-0.39, 0.29) is 6.29 Å². The van der Waals surface area contributed by atoms with E-state index in [2.05, 4.69) is 28.7 Å². The largest absolute Gasteiger partial charge is 0.353 e. The first-order chi connectivity index (χ1) is 7.77. The van der Waals surface area contributed by atoms with Crippen LogP contribution in [0.25, 0.3) is 0 Å². The van der Waals surface area contributed by atoms with Crippen molar-refractivity contribution in [3.63, 3.8) is 0 Å². The molecule has 2 nitrogen and oxygen atoms in total. The Kier molecular flexibility index (Phi) is 7.66. The van der Waals surface area contributed by atoms with E-state index < -0.39 is 0 Å². The average Bonchev–Trinajstić information content (AvgIpc) is 2.46. The third-order valence-corrected chi connectivity index (χ3v) is 3.38. The second kappa shape index (κ2) is 8.48. The Morgan fingerprint density at radius 2 is 2.25 bits per heavy atom. The van der Waals surface area contributed by atoms with E-state index in [0.29, 0.717) is 6.10 Å². The van der Waals surface area contributed by atoms with Gasteiger partial charge in [0.1, 0.15) is 0 Å². The molecule has 1 saturated carbocycles. The zero-order valence-electron chi connectivity index (χ0n) is 10.4. The van der Waals surface area contributed by atoms with Crippen molar-refractivity contribution in [3.8, 4) is 0 Å². The van der Waals surface area contributed by atoms with Gasteiger partial charge in [-0.05, 0) is 38.7 Å². The fourth-order valence-corrected chi connectivity index (χ4v) is 2.74. The van der Waals surface area contributed by atoms with E-state index in [4.69, 9.17) is 9.47 Å². The molecule has 0 saturated heterocycles. The van der Waals surface area contributed by atoms with Crippen LogP contribution in [0, 0.1) is 0 Å². The predicted molar refractivity (Wildman–Crippen MR) is 76.0 cm³/mol. The lowest BCUT2D eigenvalue weighted by Crippen LogP contribution is -2.23. The smallest absolute Gasteiger partial charge is 0.155 e. The van der Waals surface area contributed by atoms with E-state index in [9.17, 15) is 0 Å². The molecule has 0 bridgehead atoms. The summed E-state index contributed by atoms with van der Waals surface area (Å²) in [5.41, 5.74) is 1.48. The zero-order valence-corrected chi connectivity index (χ0v) is 12.5. The number of ether oxygens (including phenoxy) is 2. The van der Waals surface area contributed by atoms with Gasteiger partial charge in [-0.2, -0.15) is 0 Å². The van der Waals surface area contributed by atoms with E-state index in [1.54, 1.807) is 0 Å². The van der Waals surface area contributed by atoms with Crippen LogP contribution in [0.5, 0.6) is 0 Å². The molecule has 1 fully saturated rings. The molecule has 94 valence electrons. The van der Waals surface area contributed by atoms with Gasteiger partial charge < -0.3 is 9.47 Å². The summed E-state index contributed by atoms with van der Waals surface area (Å²) in [5.74, 6) is 0. The van der Waals surface area contributed by atoms with Crippen LogP contribution in [-0.4, -0.2) is 23.4 Å². The number of alkyl halides is 1. The number of allylic oxidation sites excluding steroid dienone is 1. The molecule has 0 aromatic heterocycles. The van der Waals surface area contributed by atoms with Gasteiger partial charge in [0.05, 0.1) is 6.10 Å². The molecule has 1 rings (SSSR count). The molecule has 0 heterocycles. The third-order valence-electron chi connectivity index (χ3n) is 2.94. The van der Waals surface area contributed by atoms with Crippen molar-refractivity contribution in [2.24, 2.45) is 0 Å². The number of hydrogen-bond donors (Lipinski definition) is 0. The highest BCUT2D eigenvalue weighted by molar-refractivity contribution is 14.1. The van der Waals surface area contributed by atoms with Gasteiger partial charge in [-0.25, -0.2) is 0 Å². The summed E-state index contributed by atoms with van der Waals surface area (Å²) >= 11 is 2.40. The Labute approximate surface area is 113 Å². The molecular weight excluding hydrogens is 315 g/mol. The molecule has 0 N–H and O–H groups in total. The van der Waals surface area contributed by atoms with Crippen molar-refractivity contribution in [3.05, 3.63) is 11.6 Å². The number of rotatable bonds is 5. The summed E-state index contributed by atoms with van der Waals surface area (Å²) in [6, 6.07) is 0. The first-order valence-electron chi connectivity index (χ1n) is 6.29. The second-order valence-corrected chi connectivity index (χ2v) is 5.06. The molecule has 0 aromatic rings. The first-order valence-corrected chi connectivity index (χ1v) is 7.82. The van der Waals surface area contributed by atoms with Gasteiger partial charge in [-0.1, -0.05) is 41.5 Å². The van der Waals surface area contributed by atoms with Gasteiger partial charge in [-0.3, -0.25) is 0 Å². The Morgan fingerprint density at radius 1 is 1.44 bits per heavy atom. The lowest BCUT2D eigenvalue weighted by molar-refractivity contribution is -0.149. The van der Waals surface area contributed by atoms with E-state index in [1.165, 1.54) is 31.3 Å². The molecular formula is C13H23IO2. The van der Waals surface area contributed by atoms with Crippen molar-refractivity contribution in [1.29, 1.82) is 0 Å². The monoisotopic (exact) mass is 338 g/mol. The summed E-state index contributed by atoms with van der Waals surface area (Å²) in [5, 5.41) is 0. The molecule has 2 atom stereocenters. The highest BCUT2D eigenvalue weighted by Gasteiger charge is 2.20. The normalized spacial score (nSPS) is 26.7. The SMILES string of the molecule is CCOC(C)OC1CCCCCC1=CCI. The van der Waals surface area contributed by atoms with Gasteiger partial charge in [0.15, 0.2) is 6.29 Å². The van der Waals surface area contributed by atoms with Gasteiger partial charge in [0.2, 0.25) is 0 Å². The maximum atomic E-state index is 5.98. The van der Waals surface area contributed by atoms with E-state index >= 15 is 0 Å². The Balaban J connectivity index is 2.54. The highest BCUT2D eigenvalue weighted by atomic mass is 127. The quantitative estimate of drug-likeness (QED) is 0.247. The first kappa shape index (κ1) is 14.5. The fourth-order valence-electron chi connectivity index (χ4n) is 2.18. The zero-order chi connectivity index (χ0) is 11.8. The van der Waals surface area contributed by atoms with Crippen LogP contribution in [0.3, 0.4) is 0 Å². The molecule has 0 amide bonds. The second-order valence-electron chi connectivity index (χ2n) is 4.18. The summed E-state index contributed by atoms with van der Waals surface area (Å²) in [6.07, 6.45) is 8.82. The van der Waals surface area contributed by atoms with Crippen LogP contribution in [0.1, 0.15) is 46.0 Å². The maximum Gasteiger partial charge on any atom is 0.155 e. The molecule has 0 spiro atoms. The lowest BCUT2D eigenvalue weighted by atomic mass is 10.1. The van der Waals surface area contributed by atoms with Crippen molar-refractivity contribution < 1.29 is 9.47 Å². The maximum absolute atomic E-state index is 5.98. The minimum Gasteiger partial charge on any atom is -0.353 e. The Bertz CT molecular complexity index is 216. The summed E-state index contributed by atoms with van der Waals surface area (Å²) < 4.78 is 12.5. The van der Waals surface area contributed by atoms with Crippen LogP contribution in [-0.2, 0) is 9.47 Å². The van der Waals surface area contributed by atoms with Crippen LogP contribution in [0.15, 0.2) is 11.6 Å². The van der Waals surface area contributed by atoms with Gasteiger partial charge in [-0.15, -0.1) is 0 Å². The molecule has 0 radical (unpaired) electrons. The van der Waals surface area contributed by atoms with Crippen molar-refractivity contribution in [1.82, 2.24) is 0 Å². The van der Waals surface area contributed by atoms with E-state index in [1.807, 2.05) is 13.8 Å². The molecule has 3 heteroatoms. The Morgan fingerprint density at radius 3 is 2.94 bits per heavy atom. The van der Waals surface area contributed by atoms with Crippen LogP contribution < -0.4 is 0 Å². The summed E-state index contributed by atoms with van der Waals surface area (Å²) in [7, 11) is 0. The molecule has 1 aliphatic rings. The molecule has 16 heavy (non-hydrogen) atoms. The summed E-state index contributed by atoms with van der Waals surface area (Å²) in [6.45, 7) is 4.73. The van der Waals surface area contributed by atoms with Crippen molar-refractivity contribution in [2.75, 3.05) is 11.0 Å². The molecule has 1 aliphatic carbocycles. The fraction of sp³-hybridized carbons (Fsp3) is 0.846. The minimum absolute atomic E-state index is 0.0780. The molecule has 2 unspecified atom stereocenters. The lowest BCUT2D eigenvalue weighted by Gasteiger charge is -2.23. The average molecular weight is 338 g/mol. The minimum atomic E-state index is -0.0780. The standard InChI is InChI=1S/C13H23IO2/c1-3-15-11(2)16-13-8-6-4-5-7-12(13)9-10-14/h9,11,13H,3-8,10H2,1-2H3. The van der Waals surface area contributed by atoms with Crippen LogP contribution in [0.2, 0.25) is 0 Å². The van der Waals surface area contributed by atoms with Crippen LogP contribution >= 0.6 is 22.6 Å². The number of hydrogen-bond acceptors (Lipinski definition) is 2. The van der Waals surface area contributed by atoms with Gasteiger partial charge in [0.25, 0.3) is 0 Å². The Hall–Kier alpha value is 0.390. The molecule has 0 aliphatic heterocycles. The highest BCUT2D eigenvalue weighted by Crippen LogP contribution is 2.26. The van der Waals surface area contributed by atoms with Crippen molar-refractivity contribution in [2.45, 2.75) is 58.3 Å². The van der Waals surface area contributed by atoms with E-state index in [0.717, 1.165) is 17.5 Å². The summed E-state index contributed by atoms with van der Waals surface area (Å²) in [4.78, 5) is 0. The topological polar surface area (TPSA) is 18.5 Å². The predicted octanol–water partition coefficient (Wildman–Crippen LogP) is 4.08. The number of halogens is 1.